The Kier molecular flexibility index (Phi) is 5.95. The maximum Gasteiger partial charge on any atom is 0.226 e. The van der Waals surface area contributed by atoms with E-state index in [-0.39, 0.29) is 17.4 Å². The smallest absolute Gasteiger partial charge is 0.226 e. The Morgan fingerprint density at radius 1 is 1.35 bits per heavy atom. The molecule has 1 aromatic carbocycles. The maximum absolute atomic E-state index is 12.4. The number of piperidine rings is 1. The number of aliphatic hydroxyl groups is 1. The van der Waals surface area contributed by atoms with Gasteiger partial charge < -0.3 is 15.3 Å². The van der Waals surface area contributed by atoms with Crippen molar-refractivity contribution in [3.05, 3.63) is 24.3 Å². The Morgan fingerprint density at radius 3 is 2.69 bits per heavy atom. The number of para-hydroxylation sites is 1. The zero-order valence-electron chi connectivity index (χ0n) is 15.9. The van der Waals surface area contributed by atoms with Crippen molar-refractivity contribution in [2.24, 2.45) is 11.3 Å². The van der Waals surface area contributed by atoms with Crippen molar-refractivity contribution in [3.63, 3.8) is 0 Å². The zero-order valence-corrected chi connectivity index (χ0v) is 16.7. The first-order valence-electron chi connectivity index (χ1n) is 9.37. The van der Waals surface area contributed by atoms with Gasteiger partial charge in [-0.3, -0.25) is 4.79 Å². The van der Waals surface area contributed by atoms with Crippen molar-refractivity contribution < 1.29 is 9.90 Å². The summed E-state index contributed by atoms with van der Waals surface area (Å²) in [5.74, 6) is 0.463. The van der Waals surface area contributed by atoms with Crippen molar-refractivity contribution >= 4 is 32.6 Å². The number of amides is 1. The number of nitrogens with one attached hydrogen (secondary N) is 1. The minimum atomic E-state index is -0.318. The molecule has 5 nitrogen and oxygen atoms in total. The molecule has 1 aliphatic rings. The molecule has 1 saturated heterocycles. The lowest BCUT2D eigenvalue weighted by molar-refractivity contribution is -0.117. The third-order valence-corrected chi connectivity index (χ3v) is 6.10. The fourth-order valence-corrected chi connectivity index (χ4v) is 4.13. The van der Waals surface area contributed by atoms with E-state index in [0.717, 1.165) is 36.1 Å². The van der Waals surface area contributed by atoms with Crippen LogP contribution in [-0.4, -0.2) is 46.6 Å². The van der Waals surface area contributed by atoms with E-state index < -0.39 is 0 Å². The largest absolute Gasteiger partial charge is 0.391 e. The molecule has 0 saturated carbocycles. The first-order valence-corrected chi connectivity index (χ1v) is 10.2. The molecule has 1 fully saturated rings. The van der Waals surface area contributed by atoms with Gasteiger partial charge in [-0.05, 0) is 49.4 Å². The molecule has 1 unspecified atom stereocenters. The molecular weight excluding hydrogens is 346 g/mol. The molecule has 0 spiro atoms. The average molecular weight is 376 g/mol. The molecule has 2 N–H and O–H groups in total. The third-order valence-electron chi connectivity index (χ3n) is 5.15. The van der Waals surface area contributed by atoms with Crippen molar-refractivity contribution in [1.82, 2.24) is 9.88 Å². The van der Waals surface area contributed by atoms with Gasteiger partial charge in [0.05, 0.1) is 16.3 Å². The molecule has 26 heavy (non-hydrogen) atoms. The van der Waals surface area contributed by atoms with Gasteiger partial charge in [0.1, 0.15) is 0 Å². The van der Waals surface area contributed by atoms with E-state index in [2.05, 4.69) is 36.0 Å². The van der Waals surface area contributed by atoms with Crippen LogP contribution in [0.2, 0.25) is 0 Å². The number of fused-ring (bicyclic) bond motifs is 1. The fraction of sp³-hybridized carbons (Fsp3) is 0.600. The number of benzene rings is 1. The van der Waals surface area contributed by atoms with Gasteiger partial charge in [0.15, 0.2) is 5.13 Å². The number of likely N-dealkylation sites (tertiary alicyclic amines) is 1. The van der Waals surface area contributed by atoms with E-state index in [1.165, 1.54) is 11.3 Å². The first-order chi connectivity index (χ1) is 12.3. The highest BCUT2D eigenvalue weighted by Crippen LogP contribution is 2.27. The van der Waals surface area contributed by atoms with Gasteiger partial charge in [-0.15, -0.1) is 0 Å². The first kappa shape index (κ1) is 19.3. The second-order valence-electron chi connectivity index (χ2n) is 8.36. The molecule has 1 aliphatic heterocycles. The van der Waals surface area contributed by atoms with Crippen LogP contribution >= 0.6 is 11.3 Å². The minimum Gasteiger partial charge on any atom is -0.391 e. The summed E-state index contributed by atoms with van der Waals surface area (Å²) >= 11 is 1.52. The van der Waals surface area contributed by atoms with Crippen molar-refractivity contribution in [2.75, 3.05) is 25.0 Å². The lowest BCUT2D eigenvalue weighted by Gasteiger charge is -2.36. The molecule has 1 aromatic heterocycles. The zero-order chi connectivity index (χ0) is 18.7. The number of hydrogen-bond donors (Lipinski definition) is 2. The highest BCUT2D eigenvalue weighted by molar-refractivity contribution is 7.22. The van der Waals surface area contributed by atoms with Crippen LogP contribution in [0.3, 0.4) is 0 Å². The number of aromatic nitrogens is 1. The van der Waals surface area contributed by atoms with Crippen molar-refractivity contribution in [1.29, 1.82) is 0 Å². The predicted molar refractivity (Wildman–Crippen MR) is 107 cm³/mol. The molecule has 6 heteroatoms. The Morgan fingerprint density at radius 2 is 2.04 bits per heavy atom. The highest BCUT2D eigenvalue weighted by atomic mass is 32.1. The number of aliphatic hydroxyl groups excluding tert-OH is 1. The van der Waals surface area contributed by atoms with Gasteiger partial charge in [-0.1, -0.05) is 44.2 Å². The average Bonchev–Trinajstić information content (AvgIpc) is 2.97. The number of rotatable bonds is 5. The van der Waals surface area contributed by atoms with Crippen LogP contribution in [-0.2, 0) is 4.79 Å². The number of anilines is 1. The fourth-order valence-electron chi connectivity index (χ4n) is 3.25. The molecule has 0 bridgehead atoms. The molecular formula is C20H29N3O2S. The summed E-state index contributed by atoms with van der Waals surface area (Å²) in [5, 5.41) is 13.9. The summed E-state index contributed by atoms with van der Waals surface area (Å²) in [4.78, 5) is 19.1. The van der Waals surface area contributed by atoms with Gasteiger partial charge >= 0.3 is 0 Å². The van der Waals surface area contributed by atoms with Gasteiger partial charge in [0.2, 0.25) is 5.91 Å². The van der Waals surface area contributed by atoms with Gasteiger partial charge in [-0.25, -0.2) is 4.98 Å². The Labute approximate surface area is 159 Å². The van der Waals surface area contributed by atoms with Gasteiger partial charge in [0.25, 0.3) is 0 Å². The molecule has 2 aromatic rings. The van der Waals surface area contributed by atoms with Crippen LogP contribution in [0.15, 0.2) is 24.3 Å². The Bertz CT molecular complexity index is 712. The molecule has 1 amide bonds. The normalized spacial score (nSPS) is 18.2. The summed E-state index contributed by atoms with van der Waals surface area (Å²) in [6, 6.07) is 7.92. The standard InChI is InChI=1S/C20H29N3O2S/c1-20(2,3)17(24)13-23-10-8-14(9-11-23)12-18(25)22-19-21-15-6-4-5-7-16(15)26-19/h4-7,14,17,24H,8-13H2,1-3H3,(H,21,22,25). The van der Waals surface area contributed by atoms with E-state index in [1.807, 2.05) is 24.3 Å². The lowest BCUT2D eigenvalue weighted by atomic mass is 9.87. The number of thiazole rings is 1. The van der Waals surface area contributed by atoms with Crippen LogP contribution < -0.4 is 5.32 Å². The summed E-state index contributed by atoms with van der Waals surface area (Å²) in [7, 11) is 0. The Balaban J connectivity index is 1.44. The van der Waals surface area contributed by atoms with E-state index in [4.69, 9.17) is 0 Å². The molecule has 1 atom stereocenters. The molecule has 142 valence electrons. The number of nitrogens with zero attached hydrogens (tertiary/aromatic N) is 2. The Hall–Kier alpha value is -1.50. The maximum atomic E-state index is 12.4. The summed E-state index contributed by atoms with van der Waals surface area (Å²) in [5.41, 5.74) is 0.840. The second-order valence-corrected chi connectivity index (χ2v) is 9.40. The molecule has 0 aliphatic carbocycles. The lowest BCUT2D eigenvalue weighted by Crippen LogP contribution is -2.43. The third kappa shape index (κ3) is 5.02. The topological polar surface area (TPSA) is 65.5 Å². The summed E-state index contributed by atoms with van der Waals surface area (Å²) in [6.45, 7) is 8.82. The summed E-state index contributed by atoms with van der Waals surface area (Å²) in [6.07, 6.45) is 2.24. The monoisotopic (exact) mass is 375 g/mol. The van der Waals surface area contributed by atoms with Crippen LogP contribution in [0.5, 0.6) is 0 Å². The second kappa shape index (κ2) is 8.03. The number of carbonyl (C=O) groups excluding carboxylic acids is 1. The molecule has 2 heterocycles. The van der Waals surface area contributed by atoms with Crippen LogP contribution in [0.4, 0.5) is 5.13 Å². The quantitative estimate of drug-likeness (QED) is 0.835. The molecule has 3 rings (SSSR count). The number of β-amino-alcohol motifs (C(OH)–C–C–N with tert-alkyl or cyclic N) is 1. The van der Waals surface area contributed by atoms with E-state index in [9.17, 15) is 9.90 Å². The van der Waals surface area contributed by atoms with E-state index >= 15 is 0 Å². The van der Waals surface area contributed by atoms with Crippen LogP contribution in [0, 0.1) is 11.3 Å². The predicted octanol–water partition coefficient (Wildman–Crippen LogP) is 3.74. The number of hydrogen-bond acceptors (Lipinski definition) is 5. The van der Waals surface area contributed by atoms with Crippen LogP contribution in [0.1, 0.15) is 40.0 Å². The minimum absolute atomic E-state index is 0.0530. The van der Waals surface area contributed by atoms with Crippen LogP contribution in [0.25, 0.3) is 10.2 Å². The highest BCUT2D eigenvalue weighted by Gasteiger charge is 2.27. The van der Waals surface area contributed by atoms with Gasteiger partial charge in [0, 0.05) is 13.0 Å². The van der Waals surface area contributed by atoms with Crippen molar-refractivity contribution in [3.8, 4) is 0 Å². The SMILES string of the molecule is CC(C)(C)C(O)CN1CCC(CC(=O)Nc2nc3ccccc3s2)CC1. The van der Waals surface area contributed by atoms with E-state index in [0.29, 0.717) is 24.0 Å². The van der Waals surface area contributed by atoms with Crippen molar-refractivity contribution in [2.45, 2.75) is 46.1 Å². The van der Waals surface area contributed by atoms with E-state index in [1.54, 1.807) is 0 Å². The summed E-state index contributed by atoms with van der Waals surface area (Å²) < 4.78 is 1.09. The number of carbonyl (C=O) groups is 1. The van der Waals surface area contributed by atoms with Gasteiger partial charge in [-0.2, -0.15) is 0 Å². The molecule has 0 radical (unpaired) electrons.